The molecule has 0 fully saturated rings. The van der Waals surface area contributed by atoms with E-state index >= 15 is 0 Å². The number of hydrogen-bond acceptors (Lipinski definition) is 4. The Morgan fingerprint density at radius 2 is 1.74 bits per heavy atom. The summed E-state index contributed by atoms with van der Waals surface area (Å²) in [6, 6.07) is 15.6. The SMILES string of the molecule is CNC(=S)NN=C(c1ccccc1)c1ccccn1.[Cl][Rh][Cl].[OH-]. The molecule has 9 heteroatoms. The van der Waals surface area contributed by atoms with Gasteiger partial charge in [0.1, 0.15) is 5.71 Å². The van der Waals surface area contributed by atoms with E-state index in [-0.39, 0.29) is 20.6 Å². The Morgan fingerprint density at radius 1 is 1.13 bits per heavy atom. The molecule has 0 aliphatic heterocycles. The average molecular weight is 461 g/mol. The van der Waals surface area contributed by atoms with Crippen molar-refractivity contribution in [1.29, 1.82) is 0 Å². The van der Waals surface area contributed by atoms with Crippen LogP contribution in [0.15, 0.2) is 59.8 Å². The van der Waals surface area contributed by atoms with E-state index in [1.54, 1.807) is 13.2 Å². The van der Waals surface area contributed by atoms with Crippen molar-refractivity contribution in [2.24, 2.45) is 5.10 Å². The molecule has 1 aromatic heterocycles. The van der Waals surface area contributed by atoms with Crippen molar-refractivity contribution in [2.75, 3.05) is 7.05 Å². The van der Waals surface area contributed by atoms with E-state index in [9.17, 15) is 0 Å². The summed E-state index contributed by atoms with van der Waals surface area (Å²) in [6.45, 7) is 0. The van der Waals surface area contributed by atoms with Crippen LogP contribution in [0.5, 0.6) is 0 Å². The Morgan fingerprint density at radius 3 is 2.26 bits per heavy atom. The smallest absolute Gasteiger partial charge is 0.870 e. The molecule has 0 saturated carbocycles. The summed E-state index contributed by atoms with van der Waals surface area (Å²) in [7, 11) is 11.4. The molecule has 5 nitrogen and oxygen atoms in total. The van der Waals surface area contributed by atoms with Crippen LogP contribution in [-0.4, -0.2) is 28.3 Å². The number of aromatic nitrogens is 1. The molecule has 0 aliphatic carbocycles. The van der Waals surface area contributed by atoms with Crippen LogP contribution in [0, 0.1) is 0 Å². The summed E-state index contributed by atoms with van der Waals surface area (Å²) < 4.78 is 0. The molecule has 0 spiro atoms. The van der Waals surface area contributed by atoms with Crippen LogP contribution in [0.2, 0.25) is 0 Å². The first-order chi connectivity index (χ1) is 10.7. The van der Waals surface area contributed by atoms with Crippen LogP contribution < -0.4 is 10.7 Å². The van der Waals surface area contributed by atoms with Gasteiger partial charge in [0.05, 0.1) is 5.69 Å². The molecule has 2 aromatic rings. The summed E-state index contributed by atoms with van der Waals surface area (Å²) in [6.07, 6.45) is 1.74. The number of thiocarbonyl (C=S) groups is 1. The molecule has 0 radical (unpaired) electrons. The zero-order valence-corrected chi connectivity index (χ0v) is 16.0. The minimum Gasteiger partial charge on any atom is -0.870 e. The van der Waals surface area contributed by atoms with Crippen molar-refractivity contribution in [1.82, 2.24) is 15.7 Å². The Kier molecular flexibility index (Phi) is 12.7. The van der Waals surface area contributed by atoms with Gasteiger partial charge in [-0.25, -0.2) is 0 Å². The molecule has 2 rings (SSSR count). The van der Waals surface area contributed by atoms with Gasteiger partial charge in [0, 0.05) is 18.8 Å². The van der Waals surface area contributed by atoms with Gasteiger partial charge in [-0.3, -0.25) is 10.4 Å². The molecule has 0 saturated heterocycles. The summed E-state index contributed by atoms with van der Waals surface area (Å²) in [4.78, 5) is 4.32. The van der Waals surface area contributed by atoms with Crippen LogP contribution in [0.25, 0.3) is 0 Å². The molecule has 0 unspecified atom stereocenters. The molecule has 3 N–H and O–H groups in total. The number of nitrogens with one attached hydrogen (secondary N) is 2. The maximum atomic E-state index is 5.02. The molecule has 0 aliphatic rings. The van der Waals surface area contributed by atoms with Crippen molar-refractivity contribution >= 4 is 42.4 Å². The molecule has 0 atom stereocenters. The molecule has 1 aromatic carbocycles. The molecule has 127 valence electrons. The number of nitrogens with zero attached hydrogens (tertiary/aromatic N) is 2. The molecule has 0 bridgehead atoms. The monoisotopic (exact) mass is 460 g/mol. The van der Waals surface area contributed by atoms with E-state index in [0.717, 1.165) is 17.0 Å². The van der Waals surface area contributed by atoms with Gasteiger partial charge in [0.25, 0.3) is 0 Å². The van der Waals surface area contributed by atoms with E-state index in [0.29, 0.717) is 5.11 Å². The zero-order valence-electron chi connectivity index (χ0n) is 12.0. The fourth-order valence-corrected chi connectivity index (χ4v) is 1.58. The second kappa shape index (κ2) is 13.3. The van der Waals surface area contributed by atoms with Gasteiger partial charge in [-0.05, 0) is 24.4 Å². The van der Waals surface area contributed by atoms with Gasteiger partial charge in [-0.2, -0.15) is 5.10 Å². The molecular formula is C14H15Cl2N4ORhS-. The maximum Gasteiger partial charge on any atom is -0.870 e. The Balaban J connectivity index is 0.00000112. The Bertz CT molecular complexity index is 561. The first-order valence-electron chi connectivity index (χ1n) is 6.08. The van der Waals surface area contributed by atoms with E-state index < -0.39 is 0 Å². The van der Waals surface area contributed by atoms with Crippen molar-refractivity contribution in [3.63, 3.8) is 0 Å². The molecule has 0 amide bonds. The second-order valence-electron chi connectivity index (χ2n) is 3.78. The third-order valence-electron chi connectivity index (χ3n) is 2.45. The van der Waals surface area contributed by atoms with Crippen LogP contribution in [0.1, 0.15) is 11.3 Å². The van der Waals surface area contributed by atoms with Gasteiger partial charge < -0.3 is 10.8 Å². The van der Waals surface area contributed by atoms with Crippen LogP contribution in [0.4, 0.5) is 0 Å². The molecular weight excluding hydrogens is 446 g/mol. The van der Waals surface area contributed by atoms with Crippen LogP contribution in [0.3, 0.4) is 0 Å². The minimum atomic E-state index is -0.226. The third-order valence-corrected chi connectivity index (χ3v) is 2.75. The van der Waals surface area contributed by atoms with Gasteiger partial charge in [0.15, 0.2) is 5.11 Å². The van der Waals surface area contributed by atoms with E-state index in [4.69, 9.17) is 31.6 Å². The van der Waals surface area contributed by atoms with E-state index in [1.807, 2.05) is 48.5 Å². The van der Waals surface area contributed by atoms with E-state index in [2.05, 4.69) is 20.8 Å². The first kappa shape index (κ1) is 21.9. The number of benzene rings is 1. The standard InChI is InChI=1S/C14H14N4S.2ClH.H2O.Rh/c1-15-14(19)18-17-13(11-7-3-2-4-8-11)12-9-5-6-10-16-12;;;;/h2-10H,1H3,(H2,15,18,19);2*1H;1H2;/q;;;;+2/p-3. The van der Waals surface area contributed by atoms with Crippen LogP contribution >= 0.6 is 31.6 Å². The number of halogens is 2. The van der Waals surface area contributed by atoms with Crippen molar-refractivity contribution in [2.45, 2.75) is 0 Å². The number of hydrazone groups is 1. The van der Waals surface area contributed by atoms with Gasteiger partial charge in [-0.1, -0.05) is 36.4 Å². The minimum absolute atomic E-state index is 0. The maximum absolute atomic E-state index is 5.02. The first-order valence-corrected chi connectivity index (χ1v) is 10.7. The van der Waals surface area contributed by atoms with E-state index in [1.165, 1.54) is 0 Å². The average Bonchev–Trinajstić information content (AvgIpc) is 2.57. The third kappa shape index (κ3) is 8.35. The Labute approximate surface area is 156 Å². The fraction of sp³-hybridized carbons (Fsp3) is 0.0714. The second-order valence-corrected chi connectivity index (χ2v) is 6.68. The number of rotatable bonds is 3. The van der Waals surface area contributed by atoms with Gasteiger partial charge in [0.2, 0.25) is 0 Å². The van der Waals surface area contributed by atoms with Gasteiger partial charge in [-0.15, -0.1) is 0 Å². The summed E-state index contributed by atoms with van der Waals surface area (Å²) in [5.41, 5.74) is 5.32. The van der Waals surface area contributed by atoms with Crippen LogP contribution in [-0.2, 0) is 15.1 Å². The fourth-order valence-electron chi connectivity index (χ4n) is 1.53. The van der Waals surface area contributed by atoms with Gasteiger partial charge >= 0.3 is 34.5 Å². The summed E-state index contributed by atoms with van der Waals surface area (Å²) in [5, 5.41) is 7.61. The number of hydrogen-bond donors (Lipinski definition) is 2. The van der Waals surface area contributed by atoms with Crippen molar-refractivity contribution < 1.29 is 20.6 Å². The quantitative estimate of drug-likeness (QED) is 0.318. The largest absolute Gasteiger partial charge is 0.870 e. The predicted octanol–water partition coefficient (Wildman–Crippen LogP) is 3.13. The summed E-state index contributed by atoms with van der Waals surface area (Å²) in [5.74, 6) is 0. The zero-order chi connectivity index (χ0) is 16.2. The molecule has 1 heterocycles. The summed E-state index contributed by atoms with van der Waals surface area (Å²) >= 11 is 4.80. The van der Waals surface area contributed by atoms with Crippen molar-refractivity contribution in [3.8, 4) is 0 Å². The Hall–Kier alpha value is -1.11. The topological polar surface area (TPSA) is 79.3 Å². The number of pyridine rings is 1. The predicted molar refractivity (Wildman–Crippen MR) is 94.8 cm³/mol. The normalized spacial score (nSPS) is 9.96. The molecule has 23 heavy (non-hydrogen) atoms. The van der Waals surface area contributed by atoms with Crippen molar-refractivity contribution in [3.05, 3.63) is 66.0 Å².